The summed E-state index contributed by atoms with van der Waals surface area (Å²) in [5, 5.41) is 0. The largest absolute Gasteiger partial charge is 0.756 e. The number of likely N-dealkylation sites (N-methyl/N-ethyl adjacent to an activating group) is 1. The van der Waals surface area contributed by atoms with Gasteiger partial charge in [0.1, 0.15) is 19.8 Å². The van der Waals surface area contributed by atoms with Gasteiger partial charge in [-0.05, 0) is 51.4 Å². The Kier molecular flexibility index (Phi) is 39.8. The molecule has 0 radical (unpaired) electrons. The summed E-state index contributed by atoms with van der Waals surface area (Å²) < 4.78 is 33.9. The number of esters is 2. The van der Waals surface area contributed by atoms with Crippen molar-refractivity contribution in [2.24, 2.45) is 0 Å². The molecule has 9 nitrogen and oxygen atoms in total. The standard InChI is InChI=1S/C48H92NO8P/c1-6-8-10-12-14-16-18-20-22-23-24-25-27-28-30-32-34-36-38-40-47(50)54-44-46(45-56-58(52,53)55-43-42-49(3,4)5)57-48(51)41-39-37-35-33-31-29-26-21-19-17-15-13-11-9-7-2/h20,22,35,37,46H,6-19,21,23-34,36,38-45H2,1-5H3/b22-20+,37-35+/t46-/m1/s1. The lowest BCUT2D eigenvalue weighted by Crippen LogP contribution is -2.37. The molecular weight excluding hydrogens is 750 g/mol. The molecule has 0 heterocycles. The van der Waals surface area contributed by atoms with Crippen LogP contribution in [0.5, 0.6) is 0 Å². The third kappa shape index (κ3) is 44.1. The Bertz CT molecular complexity index is 1040. The van der Waals surface area contributed by atoms with Crippen molar-refractivity contribution < 1.29 is 42.1 Å². The third-order valence-corrected chi connectivity index (χ3v) is 11.4. The third-order valence-electron chi connectivity index (χ3n) is 10.5. The van der Waals surface area contributed by atoms with E-state index in [0.717, 1.165) is 32.1 Å². The maximum atomic E-state index is 12.7. The van der Waals surface area contributed by atoms with Crippen LogP contribution in [0.4, 0.5) is 0 Å². The second-order valence-electron chi connectivity index (χ2n) is 17.5. The van der Waals surface area contributed by atoms with Crippen molar-refractivity contribution in [2.75, 3.05) is 47.5 Å². The fraction of sp³-hybridized carbons (Fsp3) is 0.875. The molecule has 0 aliphatic carbocycles. The van der Waals surface area contributed by atoms with E-state index in [1.807, 2.05) is 27.2 Å². The molecule has 0 aliphatic rings. The van der Waals surface area contributed by atoms with Gasteiger partial charge >= 0.3 is 11.9 Å². The van der Waals surface area contributed by atoms with Crippen LogP contribution in [0.25, 0.3) is 0 Å². The molecule has 0 fully saturated rings. The van der Waals surface area contributed by atoms with E-state index in [0.29, 0.717) is 17.4 Å². The van der Waals surface area contributed by atoms with E-state index < -0.39 is 32.5 Å². The van der Waals surface area contributed by atoms with Crippen LogP contribution in [-0.2, 0) is 32.7 Å². The predicted molar refractivity (Wildman–Crippen MR) is 241 cm³/mol. The van der Waals surface area contributed by atoms with Crippen molar-refractivity contribution in [3.8, 4) is 0 Å². The van der Waals surface area contributed by atoms with Gasteiger partial charge in [-0.15, -0.1) is 0 Å². The molecule has 2 atom stereocenters. The van der Waals surface area contributed by atoms with Gasteiger partial charge in [0.2, 0.25) is 0 Å². The number of carbonyl (C=O) groups excluding carboxylic acids is 2. The summed E-state index contributed by atoms with van der Waals surface area (Å²) >= 11 is 0. The monoisotopic (exact) mass is 842 g/mol. The van der Waals surface area contributed by atoms with Gasteiger partial charge in [0.25, 0.3) is 7.82 Å². The Morgan fingerprint density at radius 2 is 0.914 bits per heavy atom. The van der Waals surface area contributed by atoms with Crippen molar-refractivity contribution in [1.29, 1.82) is 0 Å². The first-order chi connectivity index (χ1) is 28.0. The summed E-state index contributed by atoms with van der Waals surface area (Å²) in [7, 11) is 1.15. The van der Waals surface area contributed by atoms with Gasteiger partial charge in [0.15, 0.2) is 6.10 Å². The highest BCUT2D eigenvalue weighted by Gasteiger charge is 2.21. The lowest BCUT2D eigenvalue weighted by atomic mass is 10.1. The summed E-state index contributed by atoms with van der Waals surface area (Å²) in [6.45, 7) is 4.20. The predicted octanol–water partition coefficient (Wildman–Crippen LogP) is 13.3. The average molecular weight is 842 g/mol. The lowest BCUT2D eigenvalue weighted by molar-refractivity contribution is -0.870. The summed E-state index contributed by atoms with van der Waals surface area (Å²) in [4.78, 5) is 37.6. The second kappa shape index (κ2) is 40.9. The number of nitrogens with zero attached hydrogens (tertiary/aromatic N) is 1. The van der Waals surface area contributed by atoms with Crippen molar-refractivity contribution in [3.63, 3.8) is 0 Å². The normalized spacial score (nSPS) is 13.7. The zero-order valence-electron chi connectivity index (χ0n) is 38.5. The molecule has 0 spiro atoms. The van der Waals surface area contributed by atoms with Crippen molar-refractivity contribution in [2.45, 2.75) is 225 Å². The molecule has 0 aromatic heterocycles. The number of hydrogen-bond donors (Lipinski definition) is 0. The van der Waals surface area contributed by atoms with Crippen LogP contribution < -0.4 is 4.89 Å². The molecule has 0 saturated carbocycles. The topological polar surface area (TPSA) is 111 Å². The maximum Gasteiger partial charge on any atom is 0.306 e. The number of ether oxygens (including phenoxy) is 2. The maximum absolute atomic E-state index is 12.7. The van der Waals surface area contributed by atoms with Gasteiger partial charge in [0, 0.05) is 12.8 Å². The molecule has 0 aromatic rings. The molecule has 0 bridgehead atoms. The second-order valence-corrected chi connectivity index (χ2v) is 18.9. The van der Waals surface area contributed by atoms with E-state index in [-0.39, 0.29) is 26.1 Å². The molecule has 342 valence electrons. The SMILES string of the molecule is CCCCCCCC/C=C/CCCCCCCCCCCC(=O)OC[C@H](COP(=O)([O-])OCC[N+](C)(C)C)OC(=O)CC/C=C/CCCCCCCCCCCCC. The van der Waals surface area contributed by atoms with E-state index in [2.05, 4.69) is 32.1 Å². The summed E-state index contributed by atoms with van der Waals surface area (Å²) in [5.74, 6) is -0.886. The highest BCUT2D eigenvalue weighted by atomic mass is 31.2. The minimum atomic E-state index is -4.63. The molecule has 1 unspecified atom stereocenters. The van der Waals surface area contributed by atoms with Crippen molar-refractivity contribution >= 4 is 19.8 Å². The van der Waals surface area contributed by atoms with E-state index in [4.69, 9.17) is 18.5 Å². The number of allylic oxidation sites excluding steroid dienone is 4. The first-order valence-electron chi connectivity index (χ1n) is 24.0. The zero-order valence-corrected chi connectivity index (χ0v) is 39.4. The summed E-state index contributed by atoms with van der Waals surface area (Å²) in [6.07, 6.45) is 45.0. The molecule has 0 aromatic carbocycles. The molecule has 0 N–H and O–H groups in total. The van der Waals surface area contributed by atoms with Gasteiger partial charge < -0.3 is 27.9 Å². The fourth-order valence-electron chi connectivity index (χ4n) is 6.67. The molecule has 58 heavy (non-hydrogen) atoms. The van der Waals surface area contributed by atoms with Gasteiger partial charge in [-0.3, -0.25) is 14.2 Å². The number of phosphoric acid groups is 1. The van der Waals surface area contributed by atoms with E-state index >= 15 is 0 Å². The lowest BCUT2D eigenvalue weighted by Gasteiger charge is -2.28. The van der Waals surface area contributed by atoms with Gasteiger partial charge in [-0.2, -0.15) is 0 Å². The Hall–Kier alpha value is -1.51. The smallest absolute Gasteiger partial charge is 0.306 e. The molecule has 0 saturated heterocycles. The number of quaternary nitrogens is 1. The number of phosphoric ester groups is 1. The fourth-order valence-corrected chi connectivity index (χ4v) is 7.40. The van der Waals surface area contributed by atoms with Crippen LogP contribution in [0.15, 0.2) is 24.3 Å². The van der Waals surface area contributed by atoms with Crippen LogP contribution in [0.2, 0.25) is 0 Å². The number of unbranched alkanes of at least 4 members (excludes halogenated alkanes) is 26. The van der Waals surface area contributed by atoms with Crippen LogP contribution in [0.1, 0.15) is 219 Å². The zero-order chi connectivity index (χ0) is 42.8. The molecule has 0 amide bonds. The Balaban J connectivity index is 4.30. The van der Waals surface area contributed by atoms with Crippen LogP contribution in [-0.4, -0.2) is 70.0 Å². The van der Waals surface area contributed by atoms with Gasteiger partial charge in [0.05, 0.1) is 27.7 Å². The van der Waals surface area contributed by atoms with Crippen LogP contribution >= 0.6 is 7.82 Å². The van der Waals surface area contributed by atoms with E-state index in [9.17, 15) is 19.0 Å². The summed E-state index contributed by atoms with van der Waals surface area (Å²) in [5.41, 5.74) is 0. The van der Waals surface area contributed by atoms with E-state index in [1.54, 1.807) is 0 Å². The van der Waals surface area contributed by atoms with Gasteiger partial charge in [-0.1, -0.05) is 179 Å². The molecule has 10 heteroatoms. The van der Waals surface area contributed by atoms with Crippen LogP contribution in [0.3, 0.4) is 0 Å². The number of carbonyl (C=O) groups is 2. The Morgan fingerprint density at radius 3 is 1.34 bits per heavy atom. The Labute approximate surface area is 358 Å². The minimum absolute atomic E-state index is 0.0352. The molecular formula is C48H92NO8P. The number of hydrogen-bond acceptors (Lipinski definition) is 8. The number of rotatable bonds is 44. The van der Waals surface area contributed by atoms with Crippen molar-refractivity contribution in [3.05, 3.63) is 24.3 Å². The highest BCUT2D eigenvalue weighted by molar-refractivity contribution is 7.45. The first kappa shape index (κ1) is 56.5. The summed E-state index contributed by atoms with van der Waals surface area (Å²) in [6, 6.07) is 0. The van der Waals surface area contributed by atoms with Gasteiger partial charge in [-0.25, -0.2) is 0 Å². The average Bonchev–Trinajstić information content (AvgIpc) is 3.17. The van der Waals surface area contributed by atoms with Crippen molar-refractivity contribution in [1.82, 2.24) is 0 Å². The first-order valence-corrected chi connectivity index (χ1v) is 25.5. The van der Waals surface area contributed by atoms with E-state index in [1.165, 1.54) is 154 Å². The quantitative estimate of drug-likeness (QED) is 0.0196. The Morgan fingerprint density at radius 1 is 0.517 bits per heavy atom. The molecule has 0 rings (SSSR count). The van der Waals surface area contributed by atoms with Crippen LogP contribution in [0, 0.1) is 0 Å². The highest BCUT2D eigenvalue weighted by Crippen LogP contribution is 2.38. The minimum Gasteiger partial charge on any atom is -0.756 e. The molecule has 0 aliphatic heterocycles.